The molecular weight excluding hydrogens is 221 g/mol. The predicted octanol–water partition coefficient (Wildman–Crippen LogP) is 3.38. The first-order valence-electron chi connectivity index (χ1n) is 4.27. The third-order valence-electron chi connectivity index (χ3n) is 1.53. The third kappa shape index (κ3) is 4.07. The molecule has 0 fully saturated rings. The number of nitrogen functional groups attached to an aromatic ring is 1. The van der Waals surface area contributed by atoms with Gasteiger partial charge >= 0.3 is 0 Å². The van der Waals surface area contributed by atoms with Crippen LogP contribution in [-0.4, -0.2) is 6.61 Å². The minimum Gasteiger partial charge on any atom is -0.492 e. The molecule has 1 rings (SSSR count). The summed E-state index contributed by atoms with van der Waals surface area (Å²) in [5.74, 6) is 1.19. The Kier molecular flexibility index (Phi) is 5.73. The monoisotopic (exact) mass is 235 g/mol. The zero-order valence-corrected chi connectivity index (χ0v) is 9.86. The lowest BCUT2D eigenvalue weighted by atomic mass is 10.2. The minimum absolute atomic E-state index is 0. The van der Waals surface area contributed by atoms with Gasteiger partial charge in [-0.25, -0.2) is 0 Å². The number of benzene rings is 1. The number of ether oxygens (including phenoxy) is 1. The second-order valence-electron chi connectivity index (χ2n) is 3.39. The van der Waals surface area contributed by atoms with Crippen molar-refractivity contribution >= 4 is 29.7 Å². The number of halogens is 2. The van der Waals surface area contributed by atoms with Crippen LogP contribution in [0.5, 0.6) is 5.75 Å². The van der Waals surface area contributed by atoms with Crippen LogP contribution in [0.3, 0.4) is 0 Å². The molecule has 0 unspecified atom stereocenters. The van der Waals surface area contributed by atoms with E-state index in [1.165, 1.54) is 0 Å². The molecule has 0 spiro atoms. The zero-order valence-electron chi connectivity index (χ0n) is 8.29. The molecule has 0 aliphatic carbocycles. The lowest BCUT2D eigenvalue weighted by Gasteiger charge is -2.10. The highest BCUT2D eigenvalue weighted by Gasteiger charge is 2.02. The maximum atomic E-state index is 5.91. The largest absolute Gasteiger partial charge is 0.492 e. The first-order chi connectivity index (χ1) is 6.09. The maximum Gasteiger partial charge on any atom is 0.138 e. The Hall–Kier alpha value is -0.600. The fourth-order valence-electron chi connectivity index (χ4n) is 0.891. The maximum absolute atomic E-state index is 5.91. The van der Waals surface area contributed by atoms with Gasteiger partial charge in [-0.15, -0.1) is 12.4 Å². The van der Waals surface area contributed by atoms with Crippen LogP contribution in [-0.2, 0) is 0 Å². The first kappa shape index (κ1) is 13.4. The molecule has 2 N–H and O–H groups in total. The van der Waals surface area contributed by atoms with Gasteiger partial charge in [-0.2, -0.15) is 0 Å². The predicted molar refractivity (Wildman–Crippen MR) is 63.4 cm³/mol. The van der Waals surface area contributed by atoms with E-state index >= 15 is 0 Å². The van der Waals surface area contributed by atoms with Crippen molar-refractivity contribution in [3.05, 3.63) is 23.2 Å². The van der Waals surface area contributed by atoms with Gasteiger partial charge in [-0.1, -0.05) is 25.4 Å². The van der Waals surface area contributed by atoms with Crippen LogP contribution in [0, 0.1) is 5.92 Å². The van der Waals surface area contributed by atoms with Crippen molar-refractivity contribution in [2.75, 3.05) is 12.3 Å². The van der Waals surface area contributed by atoms with Crippen molar-refractivity contribution in [2.45, 2.75) is 13.8 Å². The van der Waals surface area contributed by atoms with Crippen molar-refractivity contribution < 1.29 is 4.74 Å². The summed E-state index contributed by atoms with van der Waals surface area (Å²) in [5, 5.41) is 0.570. The lowest BCUT2D eigenvalue weighted by molar-refractivity contribution is 0.271. The zero-order chi connectivity index (χ0) is 9.84. The smallest absolute Gasteiger partial charge is 0.138 e. The molecule has 0 aliphatic rings. The lowest BCUT2D eigenvalue weighted by Crippen LogP contribution is -2.04. The molecule has 14 heavy (non-hydrogen) atoms. The van der Waals surface area contributed by atoms with Crippen molar-refractivity contribution in [1.29, 1.82) is 0 Å². The quantitative estimate of drug-likeness (QED) is 0.816. The van der Waals surface area contributed by atoms with Crippen molar-refractivity contribution in [2.24, 2.45) is 5.92 Å². The van der Waals surface area contributed by atoms with E-state index in [1.807, 2.05) is 0 Å². The van der Waals surface area contributed by atoms with E-state index in [2.05, 4.69) is 13.8 Å². The van der Waals surface area contributed by atoms with Crippen LogP contribution in [0.15, 0.2) is 18.2 Å². The molecule has 0 atom stereocenters. The molecule has 0 radical (unpaired) electrons. The summed E-state index contributed by atoms with van der Waals surface area (Å²) in [6.07, 6.45) is 0. The fourth-order valence-corrected chi connectivity index (χ4v) is 1.13. The van der Waals surface area contributed by atoms with Gasteiger partial charge in [0.05, 0.1) is 11.6 Å². The van der Waals surface area contributed by atoms with E-state index < -0.39 is 0 Å². The molecule has 2 nitrogen and oxygen atoms in total. The fraction of sp³-hybridized carbons (Fsp3) is 0.400. The van der Waals surface area contributed by atoms with Gasteiger partial charge in [0.15, 0.2) is 0 Å². The van der Waals surface area contributed by atoms with Crippen LogP contribution in [0.25, 0.3) is 0 Å². The third-order valence-corrected chi connectivity index (χ3v) is 1.82. The Morgan fingerprint density at radius 1 is 1.43 bits per heavy atom. The van der Waals surface area contributed by atoms with E-state index in [1.54, 1.807) is 18.2 Å². The van der Waals surface area contributed by atoms with E-state index in [4.69, 9.17) is 22.1 Å². The summed E-state index contributed by atoms with van der Waals surface area (Å²) in [5.41, 5.74) is 6.20. The average molecular weight is 236 g/mol. The Labute approximate surface area is 95.8 Å². The molecule has 0 saturated heterocycles. The van der Waals surface area contributed by atoms with Gasteiger partial charge in [-0.05, 0) is 24.1 Å². The Balaban J connectivity index is 0.00000169. The van der Waals surface area contributed by atoms with Gasteiger partial charge in [0, 0.05) is 5.69 Å². The molecule has 4 heteroatoms. The highest BCUT2D eigenvalue weighted by Crippen LogP contribution is 2.26. The highest BCUT2D eigenvalue weighted by molar-refractivity contribution is 6.32. The average Bonchev–Trinajstić information content (AvgIpc) is 2.02. The van der Waals surface area contributed by atoms with Crippen LogP contribution in [0.1, 0.15) is 13.8 Å². The van der Waals surface area contributed by atoms with Crippen LogP contribution >= 0.6 is 24.0 Å². The Morgan fingerprint density at radius 2 is 2.07 bits per heavy atom. The van der Waals surface area contributed by atoms with Crippen LogP contribution in [0.4, 0.5) is 5.69 Å². The summed E-state index contributed by atoms with van der Waals surface area (Å²) < 4.78 is 5.47. The number of hydrogen-bond donors (Lipinski definition) is 1. The molecule has 80 valence electrons. The molecular formula is C10H15Cl2NO. The van der Waals surface area contributed by atoms with Crippen LogP contribution < -0.4 is 10.5 Å². The number of nitrogens with two attached hydrogens (primary N) is 1. The van der Waals surface area contributed by atoms with Gasteiger partial charge in [0.2, 0.25) is 0 Å². The standard InChI is InChI=1S/C10H14ClNO.ClH/c1-7(2)6-13-10-4-3-8(12)5-9(10)11;/h3-5,7H,6,12H2,1-2H3;1H. The van der Waals surface area contributed by atoms with Gasteiger partial charge in [0.1, 0.15) is 5.75 Å². The van der Waals surface area contributed by atoms with Crippen molar-refractivity contribution in [3.8, 4) is 5.75 Å². The number of hydrogen-bond acceptors (Lipinski definition) is 2. The van der Waals surface area contributed by atoms with Crippen molar-refractivity contribution in [1.82, 2.24) is 0 Å². The molecule has 1 aromatic rings. The molecule has 0 aromatic heterocycles. The first-order valence-corrected chi connectivity index (χ1v) is 4.65. The summed E-state index contributed by atoms with van der Waals surface area (Å²) in [6.45, 7) is 4.85. The summed E-state index contributed by atoms with van der Waals surface area (Å²) in [6, 6.07) is 5.26. The topological polar surface area (TPSA) is 35.2 Å². The minimum atomic E-state index is 0. The molecule has 0 heterocycles. The normalized spacial score (nSPS) is 9.71. The summed E-state index contributed by atoms with van der Waals surface area (Å²) >= 11 is 5.91. The second-order valence-corrected chi connectivity index (χ2v) is 3.80. The molecule has 0 bridgehead atoms. The van der Waals surface area contributed by atoms with Gasteiger partial charge in [-0.3, -0.25) is 0 Å². The van der Waals surface area contributed by atoms with E-state index in [0.717, 1.165) is 0 Å². The summed E-state index contributed by atoms with van der Waals surface area (Å²) in [4.78, 5) is 0. The highest BCUT2D eigenvalue weighted by atomic mass is 35.5. The molecule has 0 saturated carbocycles. The van der Waals surface area contributed by atoms with Gasteiger partial charge < -0.3 is 10.5 Å². The number of anilines is 1. The number of rotatable bonds is 3. The van der Waals surface area contributed by atoms with Gasteiger partial charge in [0.25, 0.3) is 0 Å². The Morgan fingerprint density at radius 3 is 2.57 bits per heavy atom. The van der Waals surface area contributed by atoms with E-state index in [0.29, 0.717) is 29.0 Å². The van der Waals surface area contributed by atoms with Crippen molar-refractivity contribution in [3.63, 3.8) is 0 Å². The van der Waals surface area contributed by atoms with E-state index in [-0.39, 0.29) is 12.4 Å². The molecule has 1 aromatic carbocycles. The Bertz CT molecular complexity index is 289. The second kappa shape index (κ2) is 5.99. The molecule has 0 aliphatic heterocycles. The molecule has 0 amide bonds. The SMILES string of the molecule is CC(C)COc1ccc(N)cc1Cl.Cl. The van der Waals surface area contributed by atoms with Crippen LogP contribution in [0.2, 0.25) is 5.02 Å². The van der Waals surface area contributed by atoms with E-state index in [9.17, 15) is 0 Å². The summed E-state index contributed by atoms with van der Waals surface area (Å²) in [7, 11) is 0.